The SMILES string of the molecule is CSCCC1(N)CCCC1C. The second kappa shape index (κ2) is 3.81. The zero-order chi connectivity index (χ0) is 8.32. The fraction of sp³-hybridized carbons (Fsp3) is 1.00. The molecule has 0 bridgehead atoms. The van der Waals surface area contributed by atoms with Crippen LogP contribution in [0.3, 0.4) is 0 Å². The molecule has 0 aliphatic heterocycles. The van der Waals surface area contributed by atoms with E-state index in [-0.39, 0.29) is 5.54 Å². The number of nitrogens with two attached hydrogens (primary N) is 1. The molecule has 0 aromatic heterocycles. The molecule has 66 valence electrons. The van der Waals surface area contributed by atoms with Gasteiger partial charge in [-0.2, -0.15) is 11.8 Å². The van der Waals surface area contributed by atoms with Crippen LogP contribution in [-0.2, 0) is 0 Å². The van der Waals surface area contributed by atoms with Gasteiger partial charge in [0.15, 0.2) is 0 Å². The molecule has 0 spiro atoms. The van der Waals surface area contributed by atoms with Crippen LogP contribution in [0.2, 0.25) is 0 Å². The Labute approximate surface area is 74.1 Å². The van der Waals surface area contributed by atoms with Gasteiger partial charge in [0.2, 0.25) is 0 Å². The Bertz CT molecular complexity index is 127. The van der Waals surface area contributed by atoms with Crippen LogP contribution in [-0.4, -0.2) is 17.5 Å². The van der Waals surface area contributed by atoms with E-state index in [2.05, 4.69) is 13.2 Å². The van der Waals surface area contributed by atoms with Crippen molar-refractivity contribution >= 4 is 11.8 Å². The van der Waals surface area contributed by atoms with E-state index in [0.717, 1.165) is 5.92 Å². The molecule has 0 saturated heterocycles. The lowest BCUT2D eigenvalue weighted by atomic mass is 9.87. The van der Waals surface area contributed by atoms with Crippen molar-refractivity contribution in [2.45, 2.75) is 38.1 Å². The Hall–Kier alpha value is 0.310. The van der Waals surface area contributed by atoms with E-state index < -0.39 is 0 Å². The third-order valence-corrected chi connectivity index (χ3v) is 3.64. The van der Waals surface area contributed by atoms with Gasteiger partial charge in [-0.1, -0.05) is 13.3 Å². The molecular formula is C9H19NS. The van der Waals surface area contributed by atoms with Gasteiger partial charge in [0, 0.05) is 5.54 Å². The molecule has 2 N–H and O–H groups in total. The average Bonchev–Trinajstić information content (AvgIpc) is 2.30. The smallest absolute Gasteiger partial charge is 0.0188 e. The quantitative estimate of drug-likeness (QED) is 0.708. The molecule has 0 radical (unpaired) electrons. The highest BCUT2D eigenvalue weighted by Crippen LogP contribution is 2.36. The Morgan fingerprint density at radius 2 is 2.36 bits per heavy atom. The molecule has 1 nitrogen and oxygen atoms in total. The van der Waals surface area contributed by atoms with Gasteiger partial charge in [0.1, 0.15) is 0 Å². The maximum absolute atomic E-state index is 6.28. The van der Waals surface area contributed by atoms with Crippen molar-refractivity contribution in [3.63, 3.8) is 0 Å². The summed E-state index contributed by atoms with van der Waals surface area (Å²) in [5.74, 6) is 1.97. The zero-order valence-corrected chi connectivity index (χ0v) is 8.41. The van der Waals surface area contributed by atoms with E-state index in [1.807, 2.05) is 11.8 Å². The first kappa shape index (κ1) is 9.40. The van der Waals surface area contributed by atoms with E-state index in [1.54, 1.807) is 0 Å². The minimum Gasteiger partial charge on any atom is -0.325 e. The Morgan fingerprint density at radius 3 is 2.82 bits per heavy atom. The molecule has 1 fully saturated rings. The topological polar surface area (TPSA) is 26.0 Å². The van der Waals surface area contributed by atoms with Crippen LogP contribution in [0, 0.1) is 5.92 Å². The summed E-state index contributed by atoms with van der Waals surface area (Å²) in [6.45, 7) is 2.30. The summed E-state index contributed by atoms with van der Waals surface area (Å²) < 4.78 is 0. The highest BCUT2D eigenvalue weighted by atomic mass is 32.2. The van der Waals surface area contributed by atoms with Crippen molar-refractivity contribution in [1.29, 1.82) is 0 Å². The largest absolute Gasteiger partial charge is 0.325 e. The van der Waals surface area contributed by atoms with Crippen molar-refractivity contribution in [3.8, 4) is 0 Å². The molecule has 0 aromatic rings. The van der Waals surface area contributed by atoms with Gasteiger partial charge in [-0.05, 0) is 37.2 Å². The van der Waals surface area contributed by atoms with Crippen LogP contribution in [0.4, 0.5) is 0 Å². The maximum Gasteiger partial charge on any atom is 0.0188 e. The Kier molecular flexibility index (Phi) is 3.26. The summed E-state index contributed by atoms with van der Waals surface area (Å²) in [7, 11) is 0. The van der Waals surface area contributed by atoms with Crippen molar-refractivity contribution in [2.24, 2.45) is 11.7 Å². The number of thioether (sulfide) groups is 1. The lowest BCUT2D eigenvalue weighted by Crippen LogP contribution is -2.42. The van der Waals surface area contributed by atoms with Crippen LogP contribution < -0.4 is 5.73 Å². The molecule has 11 heavy (non-hydrogen) atoms. The normalized spacial score (nSPS) is 37.9. The van der Waals surface area contributed by atoms with Crippen LogP contribution in [0.25, 0.3) is 0 Å². The van der Waals surface area contributed by atoms with Gasteiger partial charge in [0.25, 0.3) is 0 Å². The first-order chi connectivity index (χ1) is 5.19. The predicted octanol–water partition coefficient (Wildman–Crippen LogP) is 2.26. The summed E-state index contributed by atoms with van der Waals surface area (Å²) in [5, 5.41) is 0. The van der Waals surface area contributed by atoms with Gasteiger partial charge in [0.05, 0.1) is 0 Å². The van der Waals surface area contributed by atoms with Crippen LogP contribution in [0.1, 0.15) is 32.6 Å². The second-order valence-corrected chi connectivity index (χ2v) is 4.75. The maximum atomic E-state index is 6.28. The van der Waals surface area contributed by atoms with E-state index >= 15 is 0 Å². The van der Waals surface area contributed by atoms with Crippen LogP contribution >= 0.6 is 11.8 Å². The molecule has 2 atom stereocenters. The molecule has 1 aliphatic rings. The van der Waals surface area contributed by atoms with Gasteiger partial charge in [-0.15, -0.1) is 0 Å². The molecule has 1 saturated carbocycles. The fourth-order valence-corrected chi connectivity index (χ4v) is 2.52. The average molecular weight is 173 g/mol. The summed E-state index contributed by atoms with van der Waals surface area (Å²) >= 11 is 1.91. The number of rotatable bonds is 3. The number of hydrogen-bond donors (Lipinski definition) is 1. The fourth-order valence-electron chi connectivity index (χ4n) is 1.93. The van der Waals surface area contributed by atoms with Crippen molar-refractivity contribution < 1.29 is 0 Å². The molecule has 2 unspecified atom stereocenters. The molecule has 2 heteroatoms. The molecule has 1 aliphatic carbocycles. The minimum absolute atomic E-state index is 0.184. The van der Waals surface area contributed by atoms with Crippen molar-refractivity contribution in [3.05, 3.63) is 0 Å². The third-order valence-electron chi connectivity index (χ3n) is 3.03. The van der Waals surface area contributed by atoms with Crippen molar-refractivity contribution in [1.82, 2.24) is 0 Å². The lowest BCUT2D eigenvalue weighted by Gasteiger charge is -2.28. The van der Waals surface area contributed by atoms with Crippen LogP contribution in [0.15, 0.2) is 0 Å². The van der Waals surface area contributed by atoms with E-state index in [0.29, 0.717) is 0 Å². The van der Waals surface area contributed by atoms with Gasteiger partial charge >= 0.3 is 0 Å². The Balaban J connectivity index is 2.38. The molecule has 0 amide bonds. The first-order valence-corrected chi connectivity index (χ1v) is 5.86. The standard InChI is InChI=1S/C9H19NS/c1-8-4-3-5-9(8,10)6-7-11-2/h8H,3-7,10H2,1-2H3. The van der Waals surface area contributed by atoms with E-state index in [1.165, 1.54) is 31.4 Å². The van der Waals surface area contributed by atoms with E-state index in [4.69, 9.17) is 5.73 Å². The van der Waals surface area contributed by atoms with Gasteiger partial charge < -0.3 is 5.73 Å². The first-order valence-electron chi connectivity index (χ1n) is 4.47. The van der Waals surface area contributed by atoms with E-state index in [9.17, 15) is 0 Å². The third kappa shape index (κ3) is 2.12. The molecule has 0 aromatic carbocycles. The van der Waals surface area contributed by atoms with Crippen LogP contribution in [0.5, 0.6) is 0 Å². The van der Waals surface area contributed by atoms with Gasteiger partial charge in [-0.25, -0.2) is 0 Å². The zero-order valence-electron chi connectivity index (χ0n) is 7.60. The van der Waals surface area contributed by atoms with Crippen molar-refractivity contribution in [2.75, 3.05) is 12.0 Å². The molecule has 1 rings (SSSR count). The highest BCUT2D eigenvalue weighted by Gasteiger charge is 2.35. The summed E-state index contributed by atoms with van der Waals surface area (Å²) in [5.41, 5.74) is 6.46. The summed E-state index contributed by atoms with van der Waals surface area (Å²) in [4.78, 5) is 0. The Morgan fingerprint density at radius 1 is 1.64 bits per heavy atom. The predicted molar refractivity (Wildman–Crippen MR) is 52.9 cm³/mol. The molecule has 0 heterocycles. The minimum atomic E-state index is 0.184. The number of hydrogen-bond acceptors (Lipinski definition) is 2. The summed E-state index contributed by atoms with van der Waals surface area (Å²) in [6, 6.07) is 0. The van der Waals surface area contributed by atoms with Gasteiger partial charge in [-0.3, -0.25) is 0 Å². The monoisotopic (exact) mass is 173 g/mol. The second-order valence-electron chi connectivity index (χ2n) is 3.77. The lowest BCUT2D eigenvalue weighted by molar-refractivity contribution is 0.330. The highest BCUT2D eigenvalue weighted by molar-refractivity contribution is 7.98. The summed E-state index contributed by atoms with van der Waals surface area (Å²) in [6.07, 6.45) is 7.28. The molecular weight excluding hydrogens is 154 g/mol.